The molecular weight excluding hydrogens is 434 g/mol. The fraction of sp³-hybridized carbons (Fsp3) is 0.160. The number of carbonyl (C=O) groups excluding carboxylic acids is 1. The normalized spacial score (nSPS) is 12.4. The lowest BCUT2D eigenvalue weighted by molar-refractivity contribution is 0.0743. The van der Waals surface area contributed by atoms with E-state index in [9.17, 15) is 15.0 Å². The van der Waals surface area contributed by atoms with Gasteiger partial charge in [0.15, 0.2) is 5.82 Å². The van der Waals surface area contributed by atoms with E-state index < -0.39 is 0 Å². The number of ether oxygens (including phenoxy) is 1. The lowest BCUT2D eigenvalue weighted by Crippen LogP contribution is -2.26. The van der Waals surface area contributed by atoms with Gasteiger partial charge in [-0.3, -0.25) is 4.79 Å². The highest BCUT2D eigenvalue weighted by Gasteiger charge is 2.30. The Morgan fingerprint density at radius 1 is 1.09 bits per heavy atom. The number of phenols is 2. The Balaban J connectivity index is 1.39. The number of carbonyl (C=O) groups is 1. The first kappa shape index (κ1) is 21.3. The molecule has 0 saturated heterocycles. The molecule has 0 fully saturated rings. The number of aromatic nitrogens is 3. The van der Waals surface area contributed by atoms with Gasteiger partial charge in [-0.25, -0.2) is 0 Å². The van der Waals surface area contributed by atoms with Gasteiger partial charge in [-0.2, -0.15) is 9.90 Å². The van der Waals surface area contributed by atoms with Gasteiger partial charge in [-0.15, -0.1) is 5.10 Å². The van der Waals surface area contributed by atoms with Gasteiger partial charge in [0.1, 0.15) is 29.4 Å². The van der Waals surface area contributed by atoms with Crippen LogP contribution in [0.4, 0.5) is 11.5 Å². The summed E-state index contributed by atoms with van der Waals surface area (Å²) in [5.41, 5.74) is 3.71. The highest BCUT2D eigenvalue weighted by molar-refractivity contribution is 6.00. The zero-order valence-electron chi connectivity index (χ0n) is 18.5. The van der Waals surface area contributed by atoms with E-state index in [1.54, 1.807) is 18.1 Å². The number of nitrogens with zero attached hydrogens (tertiary/aromatic N) is 4. The first-order valence-electron chi connectivity index (χ1n) is 10.7. The van der Waals surface area contributed by atoms with Crippen molar-refractivity contribution in [2.45, 2.75) is 19.7 Å². The molecule has 5 rings (SSSR count). The van der Waals surface area contributed by atoms with Crippen molar-refractivity contribution in [3.63, 3.8) is 0 Å². The molecule has 0 radical (unpaired) electrons. The summed E-state index contributed by atoms with van der Waals surface area (Å²) < 4.78 is 5.85. The minimum atomic E-state index is -0.387. The van der Waals surface area contributed by atoms with E-state index in [2.05, 4.69) is 15.5 Å². The summed E-state index contributed by atoms with van der Waals surface area (Å²) in [7, 11) is 1.74. The third-order valence-corrected chi connectivity index (χ3v) is 5.65. The molecule has 1 aromatic heterocycles. The van der Waals surface area contributed by atoms with Crippen molar-refractivity contribution in [3.05, 3.63) is 89.1 Å². The molecule has 0 spiro atoms. The minimum Gasteiger partial charge on any atom is -0.508 e. The number of phenolic OH excluding ortho intramolecular Hbond substituents is 2. The number of nitrogens with one attached hydrogen (secondary N) is 1. The first-order chi connectivity index (χ1) is 16.5. The summed E-state index contributed by atoms with van der Waals surface area (Å²) in [6, 6.07) is 17.8. The molecule has 172 valence electrons. The van der Waals surface area contributed by atoms with E-state index in [1.165, 1.54) is 10.9 Å². The molecule has 9 nitrogen and oxygen atoms in total. The molecule has 34 heavy (non-hydrogen) atoms. The number of hydrogen-bond donors (Lipinski definition) is 3. The van der Waals surface area contributed by atoms with Crippen molar-refractivity contribution in [1.29, 1.82) is 0 Å². The third kappa shape index (κ3) is 4.23. The summed E-state index contributed by atoms with van der Waals surface area (Å²) in [4.78, 5) is 16.6. The average Bonchev–Trinajstić information content (AvgIpc) is 3.44. The molecule has 3 aromatic carbocycles. The Morgan fingerprint density at radius 2 is 1.91 bits per heavy atom. The van der Waals surface area contributed by atoms with Gasteiger partial charge in [0.25, 0.3) is 5.91 Å². The van der Waals surface area contributed by atoms with E-state index in [0.717, 1.165) is 28.4 Å². The van der Waals surface area contributed by atoms with Gasteiger partial charge < -0.3 is 25.2 Å². The quantitative estimate of drug-likeness (QED) is 0.405. The second-order valence-electron chi connectivity index (χ2n) is 8.06. The molecule has 9 heteroatoms. The number of aromatic hydroxyl groups is 2. The van der Waals surface area contributed by atoms with Crippen LogP contribution in [0, 0.1) is 0 Å². The molecule has 0 aliphatic carbocycles. The Morgan fingerprint density at radius 3 is 2.68 bits per heavy atom. The van der Waals surface area contributed by atoms with Crippen LogP contribution in [-0.4, -0.2) is 36.0 Å². The van der Waals surface area contributed by atoms with E-state index in [0.29, 0.717) is 18.9 Å². The Hall–Kier alpha value is -4.53. The number of benzene rings is 3. The summed E-state index contributed by atoms with van der Waals surface area (Å²) in [6.07, 6.45) is 1.63. The summed E-state index contributed by atoms with van der Waals surface area (Å²) in [5, 5.41) is 32.1. The molecule has 1 aliphatic heterocycles. The maximum Gasteiger partial charge on any atom is 0.262 e. The monoisotopic (exact) mass is 457 g/mol. The van der Waals surface area contributed by atoms with Crippen molar-refractivity contribution < 1.29 is 19.7 Å². The number of aryl methyl sites for hydroxylation is 1. The van der Waals surface area contributed by atoms with Crippen molar-refractivity contribution >= 4 is 17.4 Å². The van der Waals surface area contributed by atoms with E-state index in [4.69, 9.17) is 4.74 Å². The fourth-order valence-corrected chi connectivity index (χ4v) is 4.03. The second-order valence-corrected chi connectivity index (χ2v) is 8.06. The van der Waals surface area contributed by atoms with Gasteiger partial charge in [0.05, 0.1) is 6.20 Å². The number of amides is 1. The lowest BCUT2D eigenvalue weighted by atomic mass is 10.1. The molecule has 2 heterocycles. The first-order valence-corrected chi connectivity index (χ1v) is 10.7. The standard InChI is InChI=1S/C25H23N5O4/c1-29-26-12-23(28-29)27-20-9-5-8-17-13-30(14-19(17)20)25(33)24-21(32)10-18(31)11-22(24)34-15-16-6-3-2-4-7-16/h2-12,31-32H,13-15H2,1H3,(H,27,28). The molecule has 4 aromatic rings. The van der Waals surface area contributed by atoms with Crippen LogP contribution in [-0.2, 0) is 26.7 Å². The Kier molecular flexibility index (Phi) is 5.51. The SMILES string of the molecule is Cn1ncc(Nc2cccc3c2CN(C(=O)c2c(O)cc(O)cc2OCc2ccccc2)C3)n1. The Bertz CT molecular complexity index is 1350. The van der Waals surface area contributed by atoms with Crippen molar-refractivity contribution in [1.82, 2.24) is 19.9 Å². The van der Waals surface area contributed by atoms with Gasteiger partial charge in [0, 0.05) is 43.5 Å². The number of fused-ring (bicyclic) bond motifs is 1. The van der Waals surface area contributed by atoms with Crippen molar-refractivity contribution in [3.8, 4) is 17.2 Å². The zero-order valence-corrected chi connectivity index (χ0v) is 18.5. The smallest absolute Gasteiger partial charge is 0.262 e. The fourth-order valence-electron chi connectivity index (χ4n) is 4.03. The van der Waals surface area contributed by atoms with Crippen LogP contribution < -0.4 is 10.1 Å². The maximum atomic E-state index is 13.5. The van der Waals surface area contributed by atoms with Crippen LogP contribution in [0.3, 0.4) is 0 Å². The molecule has 3 N–H and O–H groups in total. The maximum absolute atomic E-state index is 13.5. The molecule has 0 saturated carbocycles. The molecular formula is C25H23N5O4. The van der Waals surface area contributed by atoms with Gasteiger partial charge >= 0.3 is 0 Å². The minimum absolute atomic E-state index is 0.0185. The molecule has 0 bridgehead atoms. The predicted octanol–water partition coefficient (Wildman–Crippen LogP) is 3.70. The largest absolute Gasteiger partial charge is 0.508 e. The second kappa shape index (κ2) is 8.78. The van der Waals surface area contributed by atoms with Gasteiger partial charge in [-0.05, 0) is 17.2 Å². The van der Waals surface area contributed by atoms with Crippen LogP contribution in [0.2, 0.25) is 0 Å². The van der Waals surface area contributed by atoms with E-state index in [1.807, 2.05) is 48.5 Å². The van der Waals surface area contributed by atoms with Gasteiger partial charge in [0.2, 0.25) is 0 Å². The van der Waals surface area contributed by atoms with Crippen LogP contribution in [0.5, 0.6) is 17.2 Å². The van der Waals surface area contributed by atoms with Crippen molar-refractivity contribution in [2.24, 2.45) is 7.05 Å². The van der Waals surface area contributed by atoms with Crippen LogP contribution in [0.25, 0.3) is 0 Å². The number of hydrogen-bond acceptors (Lipinski definition) is 7. The van der Waals surface area contributed by atoms with Crippen LogP contribution in [0.1, 0.15) is 27.0 Å². The molecule has 0 unspecified atom stereocenters. The average molecular weight is 457 g/mol. The lowest BCUT2D eigenvalue weighted by Gasteiger charge is -2.19. The van der Waals surface area contributed by atoms with Crippen LogP contribution >= 0.6 is 0 Å². The number of rotatable bonds is 6. The van der Waals surface area contributed by atoms with E-state index >= 15 is 0 Å². The number of anilines is 2. The third-order valence-electron chi connectivity index (χ3n) is 5.65. The molecule has 1 aliphatic rings. The summed E-state index contributed by atoms with van der Waals surface area (Å²) in [5.74, 6) is -0.171. The molecule has 1 amide bonds. The molecule has 0 atom stereocenters. The van der Waals surface area contributed by atoms with E-state index in [-0.39, 0.29) is 35.3 Å². The topological polar surface area (TPSA) is 113 Å². The predicted molar refractivity (Wildman–Crippen MR) is 125 cm³/mol. The summed E-state index contributed by atoms with van der Waals surface area (Å²) >= 11 is 0. The summed E-state index contributed by atoms with van der Waals surface area (Å²) in [6.45, 7) is 0.912. The highest BCUT2D eigenvalue weighted by Crippen LogP contribution is 2.37. The van der Waals surface area contributed by atoms with Crippen molar-refractivity contribution in [2.75, 3.05) is 5.32 Å². The zero-order chi connectivity index (χ0) is 23.7. The highest BCUT2D eigenvalue weighted by atomic mass is 16.5. The van der Waals surface area contributed by atoms with Crippen LogP contribution in [0.15, 0.2) is 66.9 Å². The van der Waals surface area contributed by atoms with Gasteiger partial charge in [-0.1, -0.05) is 42.5 Å². The Labute approximate surface area is 195 Å².